The van der Waals surface area contributed by atoms with Gasteiger partial charge in [0.25, 0.3) is 0 Å². The van der Waals surface area contributed by atoms with Gasteiger partial charge in [0.2, 0.25) is 0 Å². The lowest BCUT2D eigenvalue weighted by atomic mass is 10.0. The molecule has 0 aromatic heterocycles. The van der Waals surface area contributed by atoms with Gasteiger partial charge in [0.15, 0.2) is 0 Å². The quantitative estimate of drug-likeness (QED) is 0.168. The van der Waals surface area contributed by atoms with Crippen molar-refractivity contribution in [2.45, 2.75) is 65.2 Å². The zero-order chi connectivity index (χ0) is 23.7. The van der Waals surface area contributed by atoms with Crippen LogP contribution in [0.25, 0.3) is 0 Å². The minimum absolute atomic E-state index is 0.180. The highest BCUT2D eigenvalue weighted by Gasteiger charge is 2.18. The van der Waals surface area contributed by atoms with Gasteiger partial charge in [-0.25, -0.2) is 0 Å². The van der Waals surface area contributed by atoms with Crippen LogP contribution in [0.4, 0.5) is 0 Å². The second-order valence-electron chi connectivity index (χ2n) is 7.87. The summed E-state index contributed by atoms with van der Waals surface area (Å²) in [5.74, 6) is 0.756. The molecule has 0 aliphatic rings. The molecule has 6 heteroatoms. The van der Waals surface area contributed by atoms with Crippen LogP contribution < -0.4 is 9.47 Å². The lowest BCUT2D eigenvalue weighted by molar-refractivity contribution is -0.137. The van der Waals surface area contributed by atoms with Crippen molar-refractivity contribution in [1.82, 2.24) is 0 Å². The number of aliphatic carboxylic acids is 1. The maximum absolute atomic E-state index is 10.7. The number of hydrogen-bond donors (Lipinski definition) is 1. The number of hydrogen-bond acceptors (Lipinski definition) is 5. The van der Waals surface area contributed by atoms with Gasteiger partial charge in [-0.2, -0.15) is 0 Å². The Morgan fingerprint density at radius 1 is 0.758 bits per heavy atom. The molecule has 0 heterocycles. The van der Waals surface area contributed by atoms with Crippen molar-refractivity contribution < 1.29 is 24.2 Å². The summed E-state index contributed by atoms with van der Waals surface area (Å²) in [5, 5.41) is 13.3. The fourth-order valence-electron chi connectivity index (χ4n) is 3.20. The number of para-hydroxylation sites is 2. The number of oxime groups is 1. The molecule has 1 N–H and O–H groups in total. The number of nitrogens with zero attached hydrogens (tertiary/aromatic N) is 1. The molecule has 0 atom stereocenters. The SMILES string of the molecule is CCCCOc1ccccc1C(=NOCCCCCC(=O)O)c1ccccc1OCCCC. The number of benzene rings is 2. The van der Waals surface area contributed by atoms with Crippen molar-refractivity contribution in [3.63, 3.8) is 0 Å². The zero-order valence-corrected chi connectivity index (χ0v) is 19.9. The molecular formula is C27H37NO5. The Balaban J connectivity index is 2.26. The lowest BCUT2D eigenvalue weighted by Crippen LogP contribution is -2.11. The highest BCUT2D eigenvalue weighted by atomic mass is 16.6. The van der Waals surface area contributed by atoms with E-state index in [9.17, 15) is 4.79 Å². The summed E-state index contributed by atoms with van der Waals surface area (Å²) in [5.41, 5.74) is 2.37. The second-order valence-corrected chi connectivity index (χ2v) is 7.87. The standard InChI is InChI=1S/C27H37NO5/c1-3-5-19-31-24-16-11-9-14-22(24)27(28-33-21-13-7-8-18-26(29)30)23-15-10-12-17-25(23)32-20-6-4-2/h9-12,14-17H,3-8,13,18-21H2,1-2H3,(H,29,30). The molecule has 2 rings (SSSR count). The molecule has 6 nitrogen and oxygen atoms in total. The van der Waals surface area contributed by atoms with Gasteiger partial charge in [-0.1, -0.05) is 56.1 Å². The van der Waals surface area contributed by atoms with Crippen LogP contribution in [-0.4, -0.2) is 36.6 Å². The van der Waals surface area contributed by atoms with Crippen molar-refractivity contribution in [3.05, 3.63) is 59.7 Å². The van der Waals surface area contributed by atoms with E-state index in [1.807, 2.05) is 48.5 Å². The predicted molar refractivity (Wildman–Crippen MR) is 131 cm³/mol. The molecule has 0 radical (unpaired) electrons. The Morgan fingerprint density at radius 3 is 1.82 bits per heavy atom. The summed E-state index contributed by atoms with van der Waals surface area (Å²) < 4.78 is 12.1. The van der Waals surface area contributed by atoms with Crippen molar-refractivity contribution in [1.29, 1.82) is 0 Å². The summed E-state index contributed by atoms with van der Waals surface area (Å²) in [6.45, 7) is 5.97. The molecule has 2 aromatic rings. The first kappa shape index (κ1) is 26.2. The summed E-state index contributed by atoms with van der Waals surface area (Å²) in [7, 11) is 0. The minimum Gasteiger partial charge on any atom is -0.493 e. The van der Waals surface area contributed by atoms with Crippen molar-refractivity contribution in [2.24, 2.45) is 5.16 Å². The normalized spacial score (nSPS) is 10.5. The predicted octanol–water partition coefficient (Wildman–Crippen LogP) is 6.46. The smallest absolute Gasteiger partial charge is 0.303 e. The van der Waals surface area contributed by atoms with Crippen LogP contribution in [0.5, 0.6) is 11.5 Å². The molecule has 0 aliphatic carbocycles. The van der Waals surface area contributed by atoms with E-state index in [0.717, 1.165) is 61.2 Å². The fourth-order valence-corrected chi connectivity index (χ4v) is 3.20. The van der Waals surface area contributed by atoms with E-state index in [4.69, 9.17) is 19.4 Å². The number of carboxylic acid groups (broad SMARTS) is 1. The van der Waals surface area contributed by atoms with E-state index in [-0.39, 0.29) is 6.42 Å². The first-order valence-electron chi connectivity index (χ1n) is 12.0. The second kappa shape index (κ2) is 15.7. The first-order valence-corrected chi connectivity index (χ1v) is 12.0. The largest absolute Gasteiger partial charge is 0.493 e. The molecule has 33 heavy (non-hydrogen) atoms. The van der Waals surface area contributed by atoms with E-state index in [1.165, 1.54) is 0 Å². The molecular weight excluding hydrogens is 418 g/mol. The van der Waals surface area contributed by atoms with Crippen molar-refractivity contribution in [2.75, 3.05) is 19.8 Å². The zero-order valence-electron chi connectivity index (χ0n) is 19.9. The third-order valence-electron chi connectivity index (χ3n) is 5.08. The molecule has 0 saturated heterocycles. The van der Waals surface area contributed by atoms with Gasteiger partial charge >= 0.3 is 5.97 Å². The van der Waals surface area contributed by atoms with Gasteiger partial charge in [0.1, 0.15) is 23.8 Å². The van der Waals surface area contributed by atoms with E-state index in [2.05, 4.69) is 19.0 Å². The van der Waals surface area contributed by atoms with Gasteiger partial charge < -0.3 is 19.4 Å². The van der Waals surface area contributed by atoms with E-state index in [1.54, 1.807) is 0 Å². The maximum atomic E-state index is 10.7. The van der Waals surface area contributed by atoms with Gasteiger partial charge in [0, 0.05) is 17.5 Å². The van der Waals surface area contributed by atoms with Crippen LogP contribution in [0.3, 0.4) is 0 Å². The fraction of sp³-hybridized carbons (Fsp3) is 0.481. The van der Waals surface area contributed by atoms with Crippen LogP contribution in [0.2, 0.25) is 0 Å². The number of carboxylic acids is 1. The number of unbranched alkanes of at least 4 members (excludes halogenated alkanes) is 4. The van der Waals surface area contributed by atoms with Crippen molar-refractivity contribution in [3.8, 4) is 11.5 Å². The van der Waals surface area contributed by atoms with Crippen LogP contribution in [0, 0.1) is 0 Å². The number of rotatable bonds is 17. The molecule has 0 unspecified atom stereocenters. The Bertz CT molecular complexity index is 810. The molecule has 0 saturated carbocycles. The molecule has 2 aromatic carbocycles. The molecule has 0 amide bonds. The Morgan fingerprint density at radius 2 is 1.30 bits per heavy atom. The molecule has 0 bridgehead atoms. The highest BCUT2D eigenvalue weighted by molar-refractivity contribution is 6.15. The number of carbonyl (C=O) groups is 1. The molecule has 0 aliphatic heterocycles. The van der Waals surface area contributed by atoms with Crippen LogP contribution in [0.15, 0.2) is 53.7 Å². The number of ether oxygens (including phenoxy) is 2. The topological polar surface area (TPSA) is 77.4 Å². The van der Waals surface area contributed by atoms with Gasteiger partial charge in [-0.15, -0.1) is 0 Å². The van der Waals surface area contributed by atoms with E-state index < -0.39 is 5.97 Å². The molecule has 180 valence electrons. The van der Waals surface area contributed by atoms with E-state index in [0.29, 0.717) is 32.0 Å². The lowest BCUT2D eigenvalue weighted by Gasteiger charge is -2.16. The van der Waals surface area contributed by atoms with Crippen LogP contribution >= 0.6 is 0 Å². The Kier molecular flexibility index (Phi) is 12.5. The van der Waals surface area contributed by atoms with Gasteiger partial charge in [-0.3, -0.25) is 4.79 Å². The first-order chi connectivity index (χ1) is 16.2. The monoisotopic (exact) mass is 455 g/mol. The maximum Gasteiger partial charge on any atom is 0.303 e. The van der Waals surface area contributed by atoms with Crippen molar-refractivity contribution >= 4 is 11.7 Å². The summed E-state index contributed by atoms with van der Waals surface area (Å²) in [6, 6.07) is 15.7. The highest BCUT2D eigenvalue weighted by Crippen LogP contribution is 2.28. The average Bonchev–Trinajstić information content (AvgIpc) is 2.82. The van der Waals surface area contributed by atoms with E-state index >= 15 is 0 Å². The minimum atomic E-state index is -0.768. The molecule has 0 fully saturated rings. The summed E-state index contributed by atoms with van der Waals surface area (Å²) in [6.07, 6.45) is 6.41. The van der Waals surface area contributed by atoms with Crippen LogP contribution in [-0.2, 0) is 9.63 Å². The Hall–Kier alpha value is -3.02. The third-order valence-corrected chi connectivity index (χ3v) is 5.08. The molecule has 0 spiro atoms. The summed E-state index contributed by atoms with van der Waals surface area (Å²) in [4.78, 5) is 16.4. The third kappa shape index (κ3) is 9.56. The van der Waals surface area contributed by atoms with Gasteiger partial charge in [-0.05, 0) is 56.4 Å². The Labute approximate surface area is 197 Å². The average molecular weight is 456 g/mol. The summed E-state index contributed by atoms with van der Waals surface area (Å²) >= 11 is 0. The van der Waals surface area contributed by atoms with Gasteiger partial charge in [0.05, 0.1) is 13.2 Å². The van der Waals surface area contributed by atoms with Crippen LogP contribution in [0.1, 0.15) is 76.3 Å².